The Bertz CT molecular complexity index is 1190. The fraction of sp³-hybridized carbons (Fsp3) is 0.556. The predicted octanol–water partition coefficient (Wildman–Crippen LogP) is 5.95. The zero-order valence-electron chi connectivity index (χ0n) is 20.9. The van der Waals surface area contributed by atoms with Crippen LogP contribution in [0.25, 0.3) is 22.4 Å². The van der Waals surface area contributed by atoms with Gasteiger partial charge in [0, 0.05) is 31.7 Å². The number of aryl methyl sites for hydroxylation is 2. The molecule has 0 radical (unpaired) electrons. The molecule has 1 unspecified atom stereocenters. The van der Waals surface area contributed by atoms with Gasteiger partial charge < -0.3 is 4.90 Å². The van der Waals surface area contributed by atoms with E-state index in [1.807, 2.05) is 6.92 Å². The molecule has 1 aliphatic rings. The minimum absolute atomic E-state index is 0. The lowest BCUT2D eigenvalue weighted by Gasteiger charge is -2.22. The van der Waals surface area contributed by atoms with E-state index in [1.54, 1.807) is 0 Å². The summed E-state index contributed by atoms with van der Waals surface area (Å²) in [7, 11) is 0. The fourth-order valence-corrected chi connectivity index (χ4v) is 4.77. The van der Waals surface area contributed by atoms with Crippen molar-refractivity contribution in [3.05, 3.63) is 29.2 Å². The number of anilines is 1. The van der Waals surface area contributed by atoms with Crippen LogP contribution >= 0.6 is 0 Å². The number of aromatic nitrogens is 5. The summed E-state index contributed by atoms with van der Waals surface area (Å²) in [6.45, 7) is 14.7. The van der Waals surface area contributed by atoms with Gasteiger partial charge in [-0.25, -0.2) is 19.6 Å². The second-order valence-corrected chi connectivity index (χ2v) is 9.41. The van der Waals surface area contributed by atoms with Crippen LogP contribution in [0, 0.1) is 25.2 Å². The standard InChI is InChI=1S/C27H36N6.H2/c1-8-19-14-15-32(16-19)26-21(12-13-23(29-26)17(5)6)25-22(11-4)28-27-24(30-25)18(7)31-33(27)20(9-2)10-3;/h1,12-13,17,19-20H,9-11,14-16H2,2-7H3;1H. The maximum absolute atomic E-state index is 5.75. The quantitative estimate of drug-likeness (QED) is 0.420. The summed E-state index contributed by atoms with van der Waals surface area (Å²) in [6.07, 6.45) is 9.58. The Balaban J connectivity index is 0.00000324. The first-order valence-corrected chi connectivity index (χ1v) is 12.4. The minimum atomic E-state index is 0. The molecule has 0 amide bonds. The molecule has 1 atom stereocenters. The molecule has 6 heteroatoms. The first-order valence-electron chi connectivity index (χ1n) is 12.4. The van der Waals surface area contributed by atoms with Crippen molar-refractivity contribution in [2.75, 3.05) is 18.0 Å². The largest absolute Gasteiger partial charge is 0.355 e. The number of hydrogen-bond acceptors (Lipinski definition) is 5. The summed E-state index contributed by atoms with van der Waals surface area (Å²) in [5.74, 6) is 4.53. The summed E-state index contributed by atoms with van der Waals surface area (Å²) in [6, 6.07) is 4.64. The highest BCUT2D eigenvalue weighted by Crippen LogP contribution is 2.36. The van der Waals surface area contributed by atoms with E-state index in [0.717, 1.165) is 84.1 Å². The molecule has 4 heterocycles. The van der Waals surface area contributed by atoms with Gasteiger partial charge in [-0.3, -0.25) is 0 Å². The highest BCUT2D eigenvalue weighted by atomic mass is 15.3. The lowest BCUT2D eigenvalue weighted by Crippen LogP contribution is -2.22. The van der Waals surface area contributed by atoms with Gasteiger partial charge in [0.1, 0.15) is 11.3 Å². The first-order chi connectivity index (χ1) is 15.9. The van der Waals surface area contributed by atoms with E-state index in [0.29, 0.717) is 12.0 Å². The van der Waals surface area contributed by atoms with Gasteiger partial charge in [-0.2, -0.15) is 5.10 Å². The SMILES string of the molecule is C#CC1CCN(c2nc(C(C)C)ccc2-c2nc3c(C)nn(C(CC)CC)c3nc2CC)C1.[HH]. The molecule has 33 heavy (non-hydrogen) atoms. The lowest BCUT2D eigenvalue weighted by atomic mass is 10.0. The van der Waals surface area contributed by atoms with Crippen LogP contribution in [-0.2, 0) is 6.42 Å². The van der Waals surface area contributed by atoms with Crippen molar-refractivity contribution in [1.29, 1.82) is 0 Å². The van der Waals surface area contributed by atoms with Crippen molar-refractivity contribution >= 4 is 17.0 Å². The molecule has 0 bridgehead atoms. The van der Waals surface area contributed by atoms with Crippen LogP contribution < -0.4 is 4.90 Å². The van der Waals surface area contributed by atoms with Gasteiger partial charge in [0.25, 0.3) is 0 Å². The van der Waals surface area contributed by atoms with Gasteiger partial charge in [0.2, 0.25) is 0 Å². The van der Waals surface area contributed by atoms with E-state index in [9.17, 15) is 0 Å². The molecule has 0 aromatic carbocycles. The third-order valence-electron chi connectivity index (χ3n) is 6.86. The molecule has 0 N–H and O–H groups in total. The van der Waals surface area contributed by atoms with Gasteiger partial charge in [-0.1, -0.05) is 34.6 Å². The average Bonchev–Trinajstić information content (AvgIpc) is 3.43. The predicted molar refractivity (Wildman–Crippen MR) is 138 cm³/mol. The van der Waals surface area contributed by atoms with E-state index in [-0.39, 0.29) is 7.34 Å². The Morgan fingerprint density at radius 1 is 1.15 bits per heavy atom. The number of rotatable bonds is 7. The Hall–Kier alpha value is -2.94. The van der Waals surface area contributed by atoms with E-state index in [2.05, 4.69) is 62.3 Å². The molecule has 1 fully saturated rings. The van der Waals surface area contributed by atoms with Crippen LogP contribution in [0.15, 0.2) is 12.1 Å². The van der Waals surface area contributed by atoms with Gasteiger partial charge in [0.05, 0.1) is 23.1 Å². The number of nitrogens with zero attached hydrogens (tertiary/aromatic N) is 6. The Morgan fingerprint density at radius 3 is 2.52 bits per heavy atom. The molecule has 0 spiro atoms. The second-order valence-electron chi connectivity index (χ2n) is 9.41. The van der Waals surface area contributed by atoms with Gasteiger partial charge in [0.15, 0.2) is 5.65 Å². The number of fused-ring (bicyclic) bond motifs is 1. The highest BCUT2D eigenvalue weighted by molar-refractivity contribution is 5.82. The summed E-state index contributed by atoms with van der Waals surface area (Å²) in [5, 5.41) is 4.84. The molecular weight excluding hydrogens is 408 g/mol. The molecule has 3 aromatic rings. The lowest BCUT2D eigenvalue weighted by molar-refractivity contribution is 0.436. The molecular formula is C27H38N6. The molecule has 1 aliphatic heterocycles. The fourth-order valence-electron chi connectivity index (χ4n) is 4.77. The van der Waals surface area contributed by atoms with Crippen LogP contribution in [-0.4, -0.2) is 37.8 Å². The monoisotopic (exact) mass is 446 g/mol. The average molecular weight is 447 g/mol. The zero-order chi connectivity index (χ0) is 23.7. The summed E-state index contributed by atoms with van der Waals surface area (Å²) in [5.41, 5.74) is 6.73. The van der Waals surface area contributed by atoms with E-state index in [4.69, 9.17) is 26.5 Å². The second kappa shape index (κ2) is 9.51. The normalized spacial score (nSPS) is 16.3. The topological polar surface area (TPSA) is 59.7 Å². The van der Waals surface area contributed by atoms with E-state index >= 15 is 0 Å². The highest BCUT2D eigenvalue weighted by Gasteiger charge is 2.27. The molecule has 0 aliphatic carbocycles. The molecule has 4 rings (SSSR count). The first kappa shape index (κ1) is 23.2. The van der Waals surface area contributed by atoms with Crippen LogP contribution in [0.3, 0.4) is 0 Å². The third-order valence-corrected chi connectivity index (χ3v) is 6.86. The van der Waals surface area contributed by atoms with Gasteiger partial charge >= 0.3 is 0 Å². The molecule has 3 aromatic heterocycles. The molecule has 6 nitrogen and oxygen atoms in total. The Labute approximate surface area is 199 Å². The molecule has 1 saturated heterocycles. The summed E-state index contributed by atoms with van der Waals surface area (Å²) < 4.78 is 2.08. The smallest absolute Gasteiger partial charge is 0.177 e. The maximum Gasteiger partial charge on any atom is 0.177 e. The van der Waals surface area contributed by atoms with Crippen molar-refractivity contribution in [2.45, 2.75) is 79.2 Å². The zero-order valence-corrected chi connectivity index (χ0v) is 20.9. The third kappa shape index (κ3) is 4.21. The van der Waals surface area contributed by atoms with Crippen LogP contribution in [0.4, 0.5) is 5.82 Å². The summed E-state index contributed by atoms with van der Waals surface area (Å²) in [4.78, 5) is 17.7. The van der Waals surface area contributed by atoms with Crippen molar-refractivity contribution < 1.29 is 1.43 Å². The Kier molecular flexibility index (Phi) is 6.69. The minimum Gasteiger partial charge on any atom is -0.355 e. The van der Waals surface area contributed by atoms with Crippen molar-refractivity contribution in [1.82, 2.24) is 24.7 Å². The van der Waals surface area contributed by atoms with Crippen LogP contribution in [0.2, 0.25) is 0 Å². The van der Waals surface area contributed by atoms with Gasteiger partial charge in [-0.05, 0) is 50.7 Å². The van der Waals surface area contributed by atoms with E-state index in [1.165, 1.54) is 0 Å². The summed E-state index contributed by atoms with van der Waals surface area (Å²) >= 11 is 0. The number of hydrogen-bond donors (Lipinski definition) is 0. The van der Waals surface area contributed by atoms with Crippen LogP contribution in [0.1, 0.15) is 84.3 Å². The van der Waals surface area contributed by atoms with Crippen molar-refractivity contribution in [2.24, 2.45) is 5.92 Å². The van der Waals surface area contributed by atoms with Crippen molar-refractivity contribution in [3.8, 4) is 23.6 Å². The maximum atomic E-state index is 5.75. The number of terminal acetylenes is 1. The van der Waals surface area contributed by atoms with Crippen molar-refractivity contribution in [3.63, 3.8) is 0 Å². The van der Waals surface area contributed by atoms with Gasteiger partial charge in [-0.15, -0.1) is 12.3 Å². The number of pyridine rings is 1. The van der Waals surface area contributed by atoms with Crippen LogP contribution in [0.5, 0.6) is 0 Å². The Morgan fingerprint density at radius 2 is 1.91 bits per heavy atom. The van der Waals surface area contributed by atoms with E-state index < -0.39 is 0 Å². The molecule has 176 valence electrons. The molecule has 0 saturated carbocycles.